The van der Waals surface area contributed by atoms with Gasteiger partial charge in [0.05, 0.1) is 0 Å². The molecule has 0 saturated carbocycles. The van der Waals surface area contributed by atoms with Gasteiger partial charge in [-0.15, -0.1) is 11.3 Å². The zero-order valence-corrected chi connectivity index (χ0v) is 18.5. The van der Waals surface area contributed by atoms with E-state index in [0.717, 1.165) is 37.1 Å². The maximum atomic E-state index is 13.5. The summed E-state index contributed by atoms with van der Waals surface area (Å²) in [4.78, 5) is 17.6. The van der Waals surface area contributed by atoms with Crippen molar-refractivity contribution in [1.82, 2.24) is 14.1 Å². The second-order valence-corrected chi connectivity index (χ2v) is 11.0. The number of hydrogen-bond donors (Lipinski definition) is 0. The van der Waals surface area contributed by atoms with Crippen molar-refractivity contribution < 1.29 is 13.2 Å². The number of benzene rings is 1. The van der Waals surface area contributed by atoms with Gasteiger partial charge in [-0.3, -0.25) is 4.79 Å². The highest BCUT2D eigenvalue weighted by atomic mass is 32.2. The van der Waals surface area contributed by atoms with E-state index in [1.807, 2.05) is 31.3 Å². The van der Waals surface area contributed by atoms with Gasteiger partial charge in [-0.25, -0.2) is 8.42 Å². The molecular formula is C21H27N3O3S2. The predicted octanol–water partition coefficient (Wildman–Crippen LogP) is 2.42. The van der Waals surface area contributed by atoms with Crippen LogP contribution in [0.15, 0.2) is 46.0 Å². The third-order valence-corrected chi connectivity index (χ3v) is 9.36. The molecule has 4 rings (SSSR count). The maximum absolute atomic E-state index is 13.5. The van der Waals surface area contributed by atoms with Crippen LogP contribution in [0.25, 0.3) is 0 Å². The van der Waals surface area contributed by atoms with E-state index in [9.17, 15) is 13.2 Å². The van der Waals surface area contributed by atoms with Gasteiger partial charge in [0.2, 0.25) is 5.91 Å². The van der Waals surface area contributed by atoms with Crippen LogP contribution in [0.3, 0.4) is 0 Å². The number of likely N-dealkylation sites (N-methyl/N-ethyl adjacent to an activating group) is 1. The first-order valence-electron chi connectivity index (χ1n) is 9.95. The van der Waals surface area contributed by atoms with E-state index in [1.54, 1.807) is 22.4 Å². The number of thiophene rings is 1. The Hall–Kier alpha value is -1.74. The van der Waals surface area contributed by atoms with Gasteiger partial charge in [0.1, 0.15) is 10.3 Å². The first-order valence-corrected chi connectivity index (χ1v) is 12.3. The highest BCUT2D eigenvalue weighted by Gasteiger charge is 2.42. The van der Waals surface area contributed by atoms with Gasteiger partial charge >= 0.3 is 0 Å². The number of nitrogens with zero attached hydrogens (tertiary/aromatic N) is 3. The van der Waals surface area contributed by atoms with Crippen molar-refractivity contribution in [3.05, 3.63) is 52.9 Å². The fraction of sp³-hybridized carbons (Fsp3) is 0.476. The molecule has 0 N–H and O–H groups in total. The monoisotopic (exact) mass is 433 g/mol. The molecule has 1 amide bonds. The molecule has 1 unspecified atom stereocenters. The summed E-state index contributed by atoms with van der Waals surface area (Å²) in [7, 11) is 0.184. The summed E-state index contributed by atoms with van der Waals surface area (Å²) in [5.74, 6) is -0.103. The molecule has 0 spiro atoms. The minimum absolute atomic E-state index is 0.103. The minimum Gasteiger partial charge on any atom is -0.341 e. The molecule has 0 radical (unpaired) electrons. The van der Waals surface area contributed by atoms with Gasteiger partial charge in [0, 0.05) is 19.6 Å². The first kappa shape index (κ1) is 20.5. The van der Waals surface area contributed by atoms with Crippen LogP contribution >= 0.6 is 11.3 Å². The second kappa shape index (κ2) is 8.18. The molecule has 1 aromatic carbocycles. The Bertz CT molecular complexity index is 967. The summed E-state index contributed by atoms with van der Waals surface area (Å²) >= 11 is 1.20. The van der Waals surface area contributed by atoms with Gasteiger partial charge < -0.3 is 9.80 Å². The van der Waals surface area contributed by atoms with Gasteiger partial charge in [0.15, 0.2) is 0 Å². The van der Waals surface area contributed by atoms with Crippen molar-refractivity contribution in [2.45, 2.75) is 42.1 Å². The van der Waals surface area contributed by atoms with E-state index in [1.165, 1.54) is 15.6 Å². The maximum Gasteiger partial charge on any atom is 0.253 e. The van der Waals surface area contributed by atoms with E-state index in [0.29, 0.717) is 6.42 Å². The topological polar surface area (TPSA) is 60.9 Å². The number of likely N-dealkylation sites (tertiary alicyclic amines) is 1. The quantitative estimate of drug-likeness (QED) is 0.743. The van der Waals surface area contributed by atoms with E-state index < -0.39 is 16.1 Å². The molecule has 1 saturated heterocycles. The molecule has 2 aliphatic heterocycles. The molecule has 2 aromatic rings. The molecule has 29 heavy (non-hydrogen) atoms. The van der Waals surface area contributed by atoms with E-state index >= 15 is 0 Å². The number of sulfonamides is 1. The SMILES string of the molecule is CN1CCC(N(C)C(=O)C2Cc3ccccc3CN2S(=O)(=O)c2cccs2)CC1. The summed E-state index contributed by atoms with van der Waals surface area (Å²) in [5, 5.41) is 1.76. The molecule has 1 aromatic heterocycles. The number of carbonyl (C=O) groups is 1. The van der Waals surface area contributed by atoms with Gasteiger partial charge in [-0.2, -0.15) is 4.31 Å². The van der Waals surface area contributed by atoms with E-state index in [4.69, 9.17) is 0 Å². The van der Waals surface area contributed by atoms with Crippen molar-refractivity contribution in [3.8, 4) is 0 Å². The molecule has 0 aliphatic carbocycles. The smallest absolute Gasteiger partial charge is 0.253 e. The molecule has 6 nitrogen and oxygen atoms in total. The lowest BCUT2D eigenvalue weighted by atomic mass is 9.94. The molecule has 1 atom stereocenters. The lowest BCUT2D eigenvalue weighted by Crippen LogP contribution is -2.55. The van der Waals surface area contributed by atoms with Crippen LogP contribution in [0.1, 0.15) is 24.0 Å². The number of rotatable bonds is 4. The Morgan fingerprint density at radius 3 is 2.45 bits per heavy atom. The summed E-state index contributed by atoms with van der Waals surface area (Å²) < 4.78 is 28.4. The van der Waals surface area contributed by atoms with Crippen LogP contribution in [0, 0.1) is 0 Å². The lowest BCUT2D eigenvalue weighted by Gasteiger charge is -2.40. The van der Waals surface area contributed by atoms with E-state index in [-0.39, 0.29) is 22.7 Å². The molecule has 2 aliphatic rings. The fourth-order valence-corrected chi connectivity index (χ4v) is 6.96. The summed E-state index contributed by atoms with van der Waals surface area (Å²) in [6.45, 7) is 2.13. The van der Waals surface area contributed by atoms with Crippen molar-refractivity contribution in [2.75, 3.05) is 27.2 Å². The number of carbonyl (C=O) groups excluding carboxylic acids is 1. The Morgan fingerprint density at radius 1 is 1.10 bits per heavy atom. The number of piperidine rings is 1. The Kier molecular flexibility index (Phi) is 5.79. The van der Waals surface area contributed by atoms with Crippen molar-refractivity contribution in [2.24, 2.45) is 0 Å². The van der Waals surface area contributed by atoms with Crippen molar-refractivity contribution in [1.29, 1.82) is 0 Å². The normalized spacial score (nSPS) is 21.7. The highest BCUT2D eigenvalue weighted by molar-refractivity contribution is 7.91. The van der Waals surface area contributed by atoms with Crippen LogP contribution in [0.4, 0.5) is 0 Å². The third kappa shape index (κ3) is 3.99. The Balaban J connectivity index is 1.66. The average Bonchev–Trinajstić information content (AvgIpc) is 3.28. The molecular weight excluding hydrogens is 406 g/mol. The Labute approximate surface area is 176 Å². The van der Waals surface area contributed by atoms with Crippen LogP contribution < -0.4 is 0 Å². The zero-order valence-electron chi connectivity index (χ0n) is 16.8. The Morgan fingerprint density at radius 2 is 1.79 bits per heavy atom. The second-order valence-electron chi connectivity index (χ2n) is 7.95. The standard InChI is InChI=1S/C21H27N3O3S2/c1-22-11-9-18(10-12-22)23(2)21(25)19-14-16-6-3-4-7-17(16)15-24(19)29(26,27)20-8-5-13-28-20/h3-8,13,18-19H,9-12,14-15H2,1-2H3. The number of fused-ring (bicyclic) bond motifs is 1. The van der Waals surface area contributed by atoms with Gasteiger partial charge in [0.25, 0.3) is 10.0 Å². The predicted molar refractivity (Wildman–Crippen MR) is 114 cm³/mol. The highest BCUT2D eigenvalue weighted by Crippen LogP contribution is 2.32. The fourth-order valence-electron chi connectivity index (χ4n) is 4.29. The molecule has 156 valence electrons. The lowest BCUT2D eigenvalue weighted by molar-refractivity contribution is -0.137. The molecule has 1 fully saturated rings. The van der Waals surface area contributed by atoms with Crippen LogP contribution in [-0.2, 0) is 27.8 Å². The zero-order chi connectivity index (χ0) is 20.6. The van der Waals surface area contributed by atoms with Crippen LogP contribution in [0.5, 0.6) is 0 Å². The largest absolute Gasteiger partial charge is 0.341 e. The summed E-state index contributed by atoms with van der Waals surface area (Å²) in [6.07, 6.45) is 2.25. The van der Waals surface area contributed by atoms with Crippen LogP contribution in [0.2, 0.25) is 0 Å². The van der Waals surface area contributed by atoms with Crippen molar-refractivity contribution in [3.63, 3.8) is 0 Å². The van der Waals surface area contributed by atoms with E-state index in [2.05, 4.69) is 11.9 Å². The van der Waals surface area contributed by atoms with Crippen molar-refractivity contribution >= 4 is 27.3 Å². The van der Waals surface area contributed by atoms with Gasteiger partial charge in [-0.05, 0) is 62.0 Å². The first-order chi connectivity index (χ1) is 13.9. The summed E-state index contributed by atoms with van der Waals surface area (Å²) in [6, 6.07) is 10.6. The third-order valence-electron chi connectivity index (χ3n) is 6.13. The van der Waals surface area contributed by atoms with Gasteiger partial charge in [-0.1, -0.05) is 30.3 Å². The van der Waals surface area contributed by atoms with Crippen LogP contribution in [-0.4, -0.2) is 67.7 Å². The number of hydrogen-bond acceptors (Lipinski definition) is 5. The number of amides is 1. The molecule has 3 heterocycles. The average molecular weight is 434 g/mol. The molecule has 0 bridgehead atoms. The molecule has 8 heteroatoms. The minimum atomic E-state index is -3.73. The summed E-state index contributed by atoms with van der Waals surface area (Å²) in [5.41, 5.74) is 2.03.